The summed E-state index contributed by atoms with van der Waals surface area (Å²) in [5.74, 6) is 1.53. The van der Waals surface area contributed by atoms with Crippen LogP contribution in [0.3, 0.4) is 0 Å². The Morgan fingerprint density at radius 2 is 1.82 bits per heavy atom. The van der Waals surface area contributed by atoms with Gasteiger partial charge in [0.1, 0.15) is 0 Å². The molecule has 2 aliphatic carbocycles. The molecule has 6 N–H and O–H groups in total. The molecule has 0 radical (unpaired) electrons. The summed E-state index contributed by atoms with van der Waals surface area (Å²) in [5, 5.41) is 7.03. The lowest BCUT2D eigenvalue weighted by molar-refractivity contribution is 0.410. The van der Waals surface area contributed by atoms with E-state index in [-0.39, 0.29) is 0 Å². The minimum absolute atomic E-state index is 0.338. The molecule has 154 valence electrons. The first-order chi connectivity index (χ1) is 13.7. The third-order valence-electron chi connectivity index (χ3n) is 6.17. The van der Waals surface area contributed by atoms with Gasteiger partial charge in [0.2, 0.25) is 5.95 Å². The molecule has 2 aliphatic rings. The number of aromatic nitrogens is 4. The lowest BCUT2D eigenvalue weighted by Crippen LogP contribution is -2.33. The Morgan fingerprint density at radius 1 is 1.04 bits per heavy atom. The van der Waals surface area contributed by atoms with Crippen molar-refractivity contribution in [1.82, 2.24) is 19.5 Å². The summed E-state index contributed by atoms with van der Waals surface area (Å²) in [6, 6.07) is 1.24. The monoisotopic (exact) mass is 386 g/mol. The van der Waals surface area contributed by atoms with Crippen molar-refractivity contribution in [1.29, 1.82) is 0 Å². The summed E-state index contributed by atoms with van der Waals surface area (Å²) in [5.41, 5.74) is 13.5. The van der Waals surface area contributed by atoms with Crippen molar-refractivity contribution in [3.05, 3.63) is 6.33 Å². The lowest BCUT2D eigenvalue weighted by Gasteiger charge is -2.27. The van der Waals surface area contributed by atoms with Crippen LogP contribution in [0.2, 0.25) is 0 Å². The van der Waals surface area contributed by atoms with Crippen LogP contribution in [-0.4, -0.2) is 44.7 Å². The van der Waals surface area contributed by atoms with Gasteiger partial charge in [0, 0.05) is 24.7 Å². The third kappa shape index (κ3) is 4.38. The van der Waals surface area contributed by atoms with Gasteiger partial charge in [0.05, 0.1) is 6.33 Å². The Bertz CT molecular complexity index is 759. The zero-order chi connectivity index (χ0) is 19.3. The van der Waals surface area contributed by atoms with Gasteiger partial charge in [-0.05, 0) is 57.9 Å². The van der Waals surface area contributed by atoms with Crippen LogP contribution in [0.4, 0.5) is 11.8 Å². The van der Waals surface area contributed by atoms with E-state index < -0.39 is 0 Å². The Kier molecular flexibility index (Phi) is 6.26. The molecule has 4 rings (SSSR count). The number of unbranched alkanes of at least 4 members (excludes halogenated alkanes) is 1. The van der Waals surface area contributed by atoms with Crippen LogP contribution < -0.4 is 22.1 Å². The predicted octanol–water partition coefficient (Wildman–Crippen LogP) is 2.77. The first-order valence-electron chi connectivity index (χ1n) is 10.9. The topological polar surface area (TPSA) is 120 Å². The van der Waals surface area contributed by atoms with E-state index in [1.165, 1.54) is 25.7 Å². The summed E-state index contributed by atoms with van der Waals surface area (Å²) in [6.07, 6.45) is 13.2. The number of fused-ring (bicyclic) bond motifs is 1. The zero-order valence-corrected chi connectivity index (χ0v) is 16.7. The average molecular weight is 387 g/mol. The molecular weight excluding hydrogens is 352 g/mol. The Hall–Kier alpha value is -1.93. The number of nitrogens with one attached hydrogen (secondary N) is 2. The van der Waals surface area contributed by atoms with Crippen molar-refractivity contribution in [2.75, 3.05) is 23.7 Å². The van der Waals surface area contributed by atoms with Gasteiger partial charge >= 0.3 is 0 Å². The number of hydrogen-bond acceptors (Lipinski definition) is 7. The maximum Gasteiger partial charge on any atom is 0.227 e. The van der Waals surface area contributed by atoms with E-state index in [1.807, 2.05) is 6.33 Å². The normalized spacial score (nSPS) is 23.4. The fourth-order valence-corrected chi connectivity index (χ4v) is 4.48. The van der Waals surface area contributed by atoms with Gasteiger partial charge in [-0.3, -0.25) is 0 Å². The molecule has 0 unspecified atom stereocenters. The zero-order valence-electron chi connectivity index (χ0n) is 16.7. The van der Waals surface area contributed by atoms with Gasteiger partial charge in [-0.15, -0.1) is 0 Å². The molecular formula is C20H34N8. The number of anilines is 2. The van der Waals surface area contributed by atoms with E-state index in [4.69, 9.17) is 21.4 Å². The van der Waals surface area contributed by atoms with E-state index in [1.54, 1.807) is 0 Å². The van der Waals surface area contributed by atoms with Gasteiger partial charge in [-0.1, -0.05) is 12.8 Å². The first kappa shape index (κ1) is 19.4. The summed E-state index contributed by atoms with van der Waals surface area (Å²) in [4.78, 5) is 14.3. The molecule has 0 aliphatic heterocycles. The summed E-state index contributed by atoms with van der Waals surface area (Å²) < 4.78 is 2.26. The van der Waals surface area contributed by atoms with Crippen molar-refractivity contribution in [3.8, 4) is 0 Å². The van der Waals surface area contributed by atoms with Crippen LogP contribution in [0.1, 0.15) is 70.3 Å². The van der Waals surface area contributed by atoms with Gasteiger partial charge in [0.15, 0.2) is 17.0 Å². The number of nitrogens with zero attached hydrogens (tertiary/aromatic N) is 4. The van der Waals surface area contributed by atoms with E-state index in [2.05, 4.69) is 20.2 Å². The summed E-state index contributed by atoms with van der Waals surface area (Å²) in [7, 11) is 0. The molecule has 2 saturated carbocycles. The maximum atomic E-state index is 6.05. The van der Waals surface area contributed by atoms with Crippen LogP contribution in [0.5, 0.6) is 0 Å². The molecule has 28 heavy (non-hydrogen) atoms. The second kappa shape index (κ2) is 9.05. The Balaban J connectivity index is 1.59. The molecule has 2 fully saturated rings. The number of hydrogen-bond donors (Lipinski definition) is 4. The average Bonchev–Trinajstić information content (AvgIpc) is 3.36. The van der Waals surface area contributed by atoms with Crippen LogP contribution >= 0.6 is 0 Å². The molecule has 2 aromatic rings. The lowest BCUT2D eigenvalue weighted by atomic mass is 9.92. The molecule has 0 saturated heterocycles. The molecule has 0 bridgehead atoms. The third-order valence-corrected chi connectivity index (χ3v) is 6.17. The van der Waals surface area contributed by atoms with Crippen molar-refractivity contribution < 1.29 is 0 Å². The predicted molar refractivity (Wildman–Crippen MR) is 113 cm³/mol. The number of imidazole rings is 1. The second-order valence-electron chi connectivity index (χ2n) is 8.34. The smallest absolute Gasteiger partial charge is 0.227 e. The molecule has 8 nitrogen and oxygen atoms in total. The van der Waals surface area contributed by atoms with Crippen LogP contribution in [-0.2, 0) is 0 Å². The van der Waals surface area contributed by atoms with Gasteiger partial charge in [-0.2, -0.15) is 9.97 Å². The summed E-state index contributed by atoms with van der Waals surface area (Å²) >= 11 is 0. The molecule has 8 heteroatoms. The molecule has 0 atom stereocenters. The SMILES string of the molecule is NCCCCNc1nc(N[C@H]2CC[C@H](N)CC2)nc2c1ncn2C1CCCC1. The minimum Gasteiger partial charge on any atom is -0.368 e. The van der Waals surface area contributed by atoms with E-state index >= 15 is 0 Å². The highest BCUT2D eigenvalue weighted by molar-refractivity contribution is 5.84. The standard InChI is InChI=1S/C20H34N8/c21-11-3-4-12-23-18-17-19(28(13-24-17)16-5-1-2-6-16)27-20(26-18)25-15-9-7-14(22)8-10-15/h13-16H,1-12,21-22H2,(H2,23,25,26,27)/t14-,15-. The van der Waals surface area contributed by atoms with Crippen LogP contribution in [0, 0.1) is 0 Å². The Labute approximate surface area is 166 Å². The van der Waals surface area contributed by atoms with Crippen molar-refractivity contribution >= 4 is 22.9 Å². The highest BCUT2D eigenvalue weighted by Crippen LogP contribution is 2.33. The largest absolute Gasteiger partial charge is 0.368 e. The van der Waals surface area contributed by atoms with E-state index in [0.29, 0.717) is 30.6 Å². The number of rotatable bonds is 8. The van der Waals surface area contributed by atoms with E-state index in [0.717, 1.165) is 62.1 Å². The quantitative estimate of drug-likeness (QED) is 0.515. The highest BCUT2D eigenvalue weighted by atomic mass is 15.2. The minimum atomic E-state index is 0.338. The van der Waals surface area contributed by atoms with Gasteiger partial charge in [0.25, 0.3) is 0 Å². The van der Waals surface area contributed by atoms with Crippen molar-refractivity contribution in [2.24, 2.45) is 11.5 Å². The Morgan fingerprint density at radius 3 is 2.57 bits per heavy atom. The molecule has 2 aromatic heterocycles. The maximum absolute atomic E-state index is 6.05. The fourth-order valence-electron chi connectivity index (χ4n) is 4.48. The molecule has 0 amide bonds. The number of nitrogens with two attached hydrogens (primary N) is 2. The molecule has 0 spiro atoms. The molecule has 2 heterocycles. The fraction of sp³-hybridized carbons (Fsp3) is 0.750. The molecule has 0 aromatic carbocycles. The second-order valence-corrected chi connectivity index (χ2v) is 8.34. The van der Waals surface area contributed by atoms with Crippen molar-refractivity contribution in [3.63, 3.8) is 0 Å². The van der Waals surface area contributed by atoms with Crippen LogP contribution in [0.15, 0.2) is 6.33 Å². The first-order valence-corrected chi connectivity index (χ1v) is 10.9. The van der Waals surface area contributed by atoms with Gasteiger partial charge < -0.3 is 26.7 Å². The van der Waals surface area contributed by atoms with Crippen molar-refractivity contribution in [2.45, 2.75) is 82.3 Å². The van der Waals surface area contributed by atoms with Gasteiger partial charge in [-0.25, -0.2) is 4.98 Å². The highest BCUT2D eigenvalue weighted by Gasteiger charge is 2.23. The van der Waals surface area contributed by atoms with Crippen LogP contribution in [0.25, 0.3) is 11.2 Å². The summed E-state index contributed by atoms with van der Waals surface area (Å²) in [6.45, 7) is 1.56. The van der Waals surface area contributed by atoms with E-state index in [9.17, 15) is 0 Å².